The Morgan fingerprint density at radius 3 is 2.67 bits per heavy atom. The van der Waals surface area contributed by atoms with Gasteiger partial charge < -0.3 is 5.11 Å². The lowest BCUT2D eigenvalue weighted by atomic mass is 10.0. The van der Waals surface area contributed by atoms with Gasteiger partial charge in [0, 0.05) is 28.4 Å². The van der Waals surface area contributed by atoms with E-state index in [1.165, 1.54) is 0 Å². The van der Waals surface area contributed by atoms with Crippen LogP contribution in [0.4, 0.5) is 0 Å². The molecule has 18 heavy (non-hydrogen) atoms. The zero-order chi connectivity index (χ0) is 13.1. The van der Waals surface area contributed by atoms with Crippen molar-refractivity contribution < 1.29 is 5.11 Å². The van der Waals surface area contributed by atoms with E-state index in [-0.39, 0.29) is 0 Å². The van der Waals surface area contributed by atoms with Crippen LogP contribution in [0.3, 0.4) is 0 Å². The number of aromatic nitrogens is 1. The molecule has 2 nitrogen and oxygen atoms in total. The van der Waals surface area contributed by atoms with Crippen molar-refractivity contribution in [1.82, 2.24) is 4.98 Å². The zero-order valence-corrected chi connectivity index (χ0v) is 11.3. The molecule has 1 N–H and O–H groups in total. The Kier molecular flexibility index (Phi) is 4.00. The number of aryl methyl sites for hydroxylation is 2. The minimum absolute atomic E-state index is 0.545. The Labute approximate surface area is 112 Å². The van der Waals surface area contributed by atoms with Crippen molar-refractivity contribution in [3.8, 4) is 0 Å². The van der Waals surface area contributed by atoms with Crippen LogP contribution in [0.2, 0.25) is 5.02 Å². The van der Waals surface area contributed by atoms with E-state index in [0.717, 1.165) is 22.5 Å². The third kappa shape index (κ3) is 3.09. The fourth-order valence-electron chi connectivity index (χ4n) is 2.05. The third-order valence-electron chi connectivity index (χ3n) is 2.94. The molecule has 0 aliphatic carbocycles. The van der Waals surface area contributed by atoms with Crippen LogP contribution < -0.4 is 0 Å². The lowest BCUT2D eigenvalue weighted by Gasteiger charge is -2.13. The SMILES string of the molecule is Cc1ccc(C(O)Cc2cccc(Cl)c2)c(C)n1. The average molecular weight is 262 g/mol. The van der Waals surface area contributed by atoms with E-state index in [1.54, 1.807) is 0 Å². The highest BCUT2D eigenvalue weighted by molar-refractivity contribution is 6.30. The molecule has 0 saturated heterocycles. The van der Waals surface area contributed by atoms with Gasteiger partial charge in [0.1, 0.15) is 0 Å². The summed E-state index contributed by atoms with van der Waals surface area (Å²) in [7, 11) is 0. The molecule has 1 heterocycles. The number of nitrogens with zero attached hydrogens (tertiary/aromatic N) is 1. The number of pyridine rings is 1. The molecule has 2 rings (SSSR count). The van der Waals surface area contributed by atoms with Crippen LogP contribution in [0.1, 0.15) is 28.6 Å². The summed E-state index contributed by atoms with van der Waals surface area (Å²) in [6.07, 6.45) is 0.00291. The van der Waals surface area contributed by atoms with E-state index in [4.69, 9.17) is 11.6 Å². The summed E-state index contributed by atoms with van der Waals surface area (Å²) in [4.78, 5) is 4.37. The predicted molar refractivity (Wildman–Crippen MR) is 73.8 cm³/mol. The molecule has 1 atom stereocenters. The molecule has 94 valence electrons. The van der Waals surface area contributed by atoms with E-state index in [2.05, 4.69) is 4.98 Å². The van der Waals surface area contributed by atoms with Crippen molar-refractivity contribution in [1.29, 1.82) is 0 Å². The molecule has 1 aromatic heterocycles. The van der Waals surface area contributed by atoms with Gasteiger partial charge in [-0.05, 0) is 37.6 Å². The molecule has 0 aliphatic rings. The van der Waals surface area contributed by atoms with Gasteiger partial charge in [0.05, 0.1) is 6.10 Å². The molecule has 3 heteroatoms. The minimum atomic E-state index is -0.545. The normalized spacial score (nSPS) is 12.4. The van der Waals surface area contributed by atoms with Gasteiger partial charge in [0.15, 0.2) is 0 Å². The maximum absolute atomic E-state index is 10.3. The van der Waals surface area contributed by atoms with E-state index in [1.807, 2.05) is 50.2 Å². The third-order valence-corrected chi connectivity index (χ3v) is 3.18. The van der Waals surface area contributed by atoms with Crippen molar-refractivity contribution in [2.24, 2.45) is 0 Å². The first-order chi connectivity index (χ1) is 8.56. The summed E-state index contributed by atoms with van der Waals surface area (Å²) in [6, 6.07) is 11.4. The second kappa shape index (κ2) is 5.51. The Bertz CT molecular complexity index is 554. The minimum Gasteiger partial charge on any atom is -0.388 e. The lowest BCUT2D eigenvalue weighted by Crippen LogP contribution is -2.05. The molecule has 2 aromatic rings. The number of aliphatic hydroxyl groups excluding tert-OH is 1. The zero-order valence-electron chi connectivity index (χ0n) is 10.5. The highest BCUT2D eigenvalue weighted by Gasteiger charge is 2.12. The molecule has 0 spiro atoms. The fraction of sp³-hybridized carbons (Fsp3) is 0.267. The number of hydrogen-bond donors (Lipinski definition) is 1. The average Bonchev–Trinajstić information content (AvgIpc) is 2.28. The number of rotatable bonds is 3. The van der Waals surface area contributed by atoms with Crippen LogP contribution in [-0.4, -0.2) is 10.1 Å². The quantitative estimate of drug-likeness (QED) is 0.915. The number of hydrogen-bond acceptors (Lipinski definition) is 2. The topological polar surface area (TPSA) is 33.1 Å². The maximum Gasteiger partial charge on any atom is 0.0847 e. The molecule has 0 radical (unpaired) electrons. The smallest absolute Gasteiger partial charge is 0.0847 e. The van der Waals surface area contributed by atoms with Crippen molar-refractivity contribution in [3.05, 3.63) is 63.9 Å². The van der Waals surface area contributed by atoms with Crippen molar-refractivity contribution in [3.63, 3.8) is 0 Å². The van der Waals surface area contributed by atoms with Crippen LogP contribution >= 0.6 is 11.6 Å². The summed E-state index contributed by atoms with van der Waals surface area (Å²) in [5, 5.41) is 10.9. The fourth-order valence-corrected chi connectivity index (χ4v) is 2.26. The summed E-state index contributed by atoms with van der Waals surface area (Å²) in [6.45, 7) is 3.86. The monoisotopic (exact) mass is 261 g/mol. The van der Waals surface area contributed by atoms with E-state index in [9.17, 15) is 5.11 Å². The second-order valence-corrected chi connectivity index (χ2v) is 4.91. The molecular formula is C15H16ClNO. The second-order valence-electron chi connectivity index (χ2n) is 4.48. The van der Waals surface area contributed by atoms with Crippen LogP contribution in [0, 0.1) is 13.8 Å². The van der Waals surface area contributed by atoms with Gasteiger partial charge in [-0.2, -0.15) is 0 Å². The highest BCUT2D eigenvalue weighted by Crippen LogP contribution is 2.22. The molecule has 1 aromatic carbocycles. The van der Waals surface area contributed by atoms with Crippen molar-refractivity contribution in [2.45, 2.75) is 26.4 Å². The summed E-state index contributed by atoms with van der Waals surface area (Å²) < 4.78 is 0. The molecule has 0 saturated carbocycles. The molecule has 0 aliphatic heterocycles. The number of halogens is 1. The lowest BCUT2D eigenvalue weighted by molar-refractivity contribution is 0.177. The number of aliphatic hydroxyl groups is 1. The summed E-state index contributed by atoms with van der Waals surface area (Å²) in [5.74, 6) is 0. The van der Waals surface area contributed by atoms with Gasteiger partial charge in [-0.1, -0.05) is 29.8 Å². The van der Waals surface area contributed by atoms with Gasteiger partial charge in [-0.25, -0.2) is 0 Å². The van der Waals surface area contributed by atoms with Gasteiger partial charge in [0.25, 0.3) is 0 Å². The van der Waals surface area contributed by atoms with E-state index < -0.39 is 6.10 Å². The Hall–Kier alpha value is -1.38. The van der Waals surface area contributed by atoms with Crippen LogP contribution in [0.5, 0.6) is 0 Å². The summed E-state index contributed by atoms with van der Waals surface area (Å²) in [5.41, 5.74) is 3.74. The van der Waals surface area contributed by atoms with Gasteiger partial charge in [-0.15, -0.1) is 0 Å². The first-order valence-corrected chi connectivity index (χ1v) is 6.30. The Morgan fingerprint density at radius 2 is 2.00 bits per heavy atom. The van der Waals surface area contributed by atoms with Crippen LogP contribution in [-0.2, 0) is 6.42 Å². The first kappa shape index (κ1) is 13.1. The van der Waals surface area contributed by atoms with Crippen LogP contribution in [0.15, 0.2) is 36.4 Å². The Morgan fingerprint density at radius 1 is 1.22 bits per heavy atom. The first-order valence-electron chi connectivity index (χ1n) is 5.93. The van der Waals surface area contributed by atoms with Crippen molar-refractivity contribution >= 4 is 11.6 Å². The van der Waals surface area contributed by atoms with Crippen molar-refractivity contribution in [2.75, 3.05) is 0 Å². The molecule has 0 fully saturated rings. The number of benzene rings is 1. The maximum atomic E-state index is 10.3. The van der Waals surface area contributed by atoms with Crippen LogP contribution in [0.25, 0.3) is 0 Å². The highest BCUT2D eigenvalue weighted by atomic mass is 35.5. The van der Waals surface area contributed by atoms with Gasteiger partial charge >= 0.3 is 0 Å². The Balaban J connectivity index is 2.19. The molecule has 0 amide bonds. The van der Waals surface area contributed by atoms with E-state index >= 15 is 0 Å². The predicted octanol–water partition coefficient (Wildman–Crippen LogP) is 3.63. The summed E-state index contributed by atoms with van der Waals surface area (Å²) >= 11 is 5.93. The van der Waals surface area contributed by atoms with E-state index in [0.29, 0.717) is 11.4 Å². The van der Waals surface area contributed by atoms with Gasteiger partial charge in [0.2, 0.25) is 0 Å². The molecule has 1 unspecified atom stereocenters. The van der Waals surface area contributed by atoms with Gasteiger partial charge in [-0.3, -0.25) is 4.98 Å². The standard InChI is InChI=1S/C15H16ClNO/c1-10-6-7-14(11(2)17-10)15(18)9-12-4-3-5-13(16)8-12/h3-8,15,18H,9H2,1-2H3. The largest absolute Gasteiger partial charge is 0.388 e. The molecular weight excluding hydrogens is 246 g/mol. The molecule has 0 bridgehead atoms.